The lowest BCUT2D eigenvalue weighted by Crippen LogP contribution is -2.15. The summed E-state index contributed by atoms with van der Waals surface area (Å²) in [6, 6.07) is 3.35. The summed E-state index contributed by atoms with van der Waals surface area (Å²) in [7, 11) is 0. The molecule has 0 aliphatic carbocycles. The van der Waals surface area contributed by atoms with E-state index >= 15 is 0 Å². The quantitative estimate of drug-likeness (QED) is 0.268. The first-order valence-electron chi connectivity index (χ1n) is 4.54. The van der Waals surface area contributed by atoms with Gasteiger partial charge in [0.25, 0.3) is 0 Å². The number of rotatable bonds is 3. The molecule has 0 aromatic carbocycles. The Labute approximate surface area is 101 Å². The highest BCUT2D eigenvalue weighted by Gasteiger charge is 2.10. The van der Waals surface area contributed by atoms with Gasteiger partial charge in [0.2, 0.25) is 0 Å². The van der Waals surface area contributed by atoms with Crippen LogP contribution in [0.3, 0.4) is 0 Å². The normalized spacial score (nSPS) is 11.4. The predicted molar refractivity (Wildman–Crippen MR) is 60.7 cm³/mol. The van der Waals surface area contributed by atoms with E-state index in [0.717, 1.165) is 0 Å². The summed E-state index contributed by atoms with van der Waals surface area (Å²) in [5.41, 5.74) is 6.04. The van der Waals surface area contributed by atoms with Crippen molar-refractivity contribution < 1.29 is 5.21 Å². The monoisotopic (exact) mass is 248 g/mol. The van der Waals surface area contributed by atoms with Crippen LogP contribution >= 0.6 is 11.8 Å². The highest BCUT2D eigenvalue weighted by molar-refractivity contribution is 7.99. The van der Waals surface area contributed by atoms with Crippen molar-refractivity contribution in [3.63, 3.8) is 0 Å². The van der Waals surface area contributed by atoms with Crippen LogP contribution in [0.25, 0.3) is 0 Å². The lowest BCUT2D eigenvalue weighted by Gasteiger charge is -2.04. The van der Waals surface area contributed by atoms with E-state index in [2.05, 4.69) is 25.3 Å². The van der Waals surface area contributed by atoms with Crippen molar-refractivity contribution in [1.82, 2.24) is 20.2 Å². The van der Waals surface area contributed by atoms with Crippen LogP contribution in [0.5, 0.6) is 0 Å². The van der Waals surface area contributed by atoms with Gasteiger partial charge in [0.1, 0.15) is 16.4 Å². The minimum Gasteiger partial charge on any atom is -0.409 e. The fourth-order valence-corrected chi connectivity index (χ4v) is 1.88. The van der Waals surface area contributed by atoms with Crippen LogP contribution in [-0.2, 0) is 0 Å². The predicted octanol–water partition coefficient (Wildman–Crippen LogP) is 0.512. The SMILES string of the molecule is N/C(=N\O)c1ccnnc1Sc1ccncn1. The van der Waals surface area contributed by atoms with Crippen molar-refractivity contribution in [2.75, 3.05) is 0 Å². The van der Waals surface area contributed by atoms with E-state index in [4.69, 9.17) is 10.9 Å². The summed E-state index contributed by atoms with van der Waals surface area (Å²) < 4.78 is 0. The highest BCUT2D eigenvalue weighted by Crippen LogP contribution is 2.25. The first-order valence-corrected chi connectivity index (χ1v) is 5.36. The molecule has 7 nitrogen and oxygen atoms in total. The van der Waals surface area contributed by atoms with E-state index in [1.54, 1.807) is 18.3 Å². The number of nitrogens with two attached hydrogens (primary N) is 1. The fourth-order valence-electron chi connectivity index (χ4n) is 1.08. The lowest BCUT2D eigenvalue weighted by molar-refractivity contribution is 0.318. The molecule has 0 unspecified atom stereocenters. The van der Waals surface area contributed by atoms with Gasteiger partial charge in [0, 0.05) is 6.20 Å². The number of nitrogens with zero attached hydrogens (tertiary/aromatic N) is 5. The largest absolute Gasteiger partial charge is 0.409 e. The Morgan fingerprint density at radius 1 is 1.35 bits per heavy atom. The molecule has 0 saturated heterocycles. The number of amidine groups is 1. The first-order chi connectivity index (χ1) is 8.31. The Bertz CT molecular complexity index is 532. The van der Waals surface area contributed by atoms with Crippen molar-refractivity contribution in [3.8, 4) is 0 Å². The Kier molecular flexibility index (Phi) is 3.46. The van der Waals surface area contributed by atoms with Gasteiger partial charge in [-0.3, -0.25) is 0 Å². The molecule has 0 aliphatic rings. The van der Waals surface area contributed by atoms with Crippen LogP contribution in [-0.4, -0.2) is 31.2 Å². The Balaban J connectivity index is 2.33. The van der Waals surface area contributed by atoms with Gasteiger partial charge in [-0.25, -0.2) is 9.97 Å². The van der Waals surface area contributed by atoms with Gasteiger partial charge in [0.05, 0.1) is 11.8 Å². The van der Waals surface area contributed by atoms with E-state index in [9.17, 15) is 0 Å². The smallest absolute Gasteiger partial charge is 0.172 e. The third-order valence-corrected chi connectivity index (χ3v) is 2.77. The van der Waals surface area contributed by atoms with E-state index in [0.29, 0.717) is 15.6 Å². The summed E-state index contributed by atoms with van der Waals surface area (Å²) in [4.78, 5) is 7.85. The number of oxime groups is 1. The average Bonchev–Trinajstić information content (AvgIpc) is 2.40. The second kappa shape index (κ2) is 5.21. The molecule has 2 aromatic rings. The number of hydrogen-bond donors (Lipinski definition) is 2. The van der Waals surface area contributed by atoms with E-state index < -0.39 is 0 Å². The van der Waals surface area contributed by atoms with Gasteiger partial charge in [-0.15, -0.1) is 5.10 Å². The maximum absolute atomic E-state index is 8.66. The van der Waals surface area contributed by atoms with Crippen molar-refractivity contribution in [3.05, 3.63) is 36.4 Å². The topological polar surface area (TPSA) is 110 Å². The minimum atomic E-state index is -0.0172. The molecule has 2 rings (SSSR count). The van der Waals surface area contributed by atoms with E-state index in [1.165, 1.54) is 24.3 Å². The zero-order chi connectivity index (χ0) is 12.1. The van der Waals surface area contributed by atoms with E-state index in [-0.39, 0.29) is 5.84 Å². The molecule has 0 aliphatic heterocycles. The fraction of sp³-hybridized carbons (Fsp3) is 0. The summed E-state index contributed by atoms with van der Waals surface area (Å²) >= 11 is 1.26. The second-order valence-corrected chi connectivity index (χ2v) is 3.89. The summed E-state index contributed by atoms with van der Waals surface area (Å²) in [5, 5.41) is 20.5. The molecule has 0 amide bonds. The van der Waals surface area contributed by atoms with Gasteiger partial charge in [-0.1, -0.05) is 5.16 Å². The highest BCUT2D eigenvalue weighted by atomic mass is 32.2. The maximum atomic E-state index is 8.66. The average molecular weight is 248 g/mol. The molecule has 0 radical (unpaired) electrons. The Morgan fingerprint density at radius 2 is 2.24 bits per heavy atom. The van der Waals surface area contributed by atoms with Gasteiger partial charge in [-0.2, -0.15) is 5.10 Å². The van der Waals surface area contributed by atoms with Gasteiger partial charge in [0.15, 0.2) is 5.84 Å². The summed E-state index contributed by atoms with van der Waals surface area (Å²) in [6.07, 6.45) is 4.52. The van der Waals surface area contributed by atoms with Crippen LogP contribution in [0.15, 0.2) is 46.1 Å². The molecule has 86 valence electrons. The molecule has 0 spiro atoms. The molecule has 0 bridgehead atoms. The number of aromatic nitrogens is 4. The third-order valence-electron chi connectivity index (χ3n) is 1.83. The van der Waals surface area contributed by atoms with Crippen molar-refractivity contribution in [2.45, 2.75) is 10.1 Å². The summed E-state index contributed by atoms with van der Waals surface area (Å²) in [6.45, 7) is 0. The molecular formula is C9H8N6OS. The Morgan fingerprint density at radius 3 is 2.94 bits per heavy atom. The second-order valence-electron chi connectivity index (χ2n) is 2.88. The standard InChI is InChI=1S/C9H8N6OS/c10-8(15-16)6-1-4-13-14-9(6)17-7-2-3-11-5-12-7/h1-5,16H,(H2,10,15). The molecule has 0 atom stereocenters. The molecule has 2 heterocycles. The Hall–Kier alpha value is -2.22. The molecule has 8 heteroatoms. The maximum Gasteiger partial charge on any atom is 0.172 e. The van der Waals surface area contributed by atoms with Crippen LogP contribution in [0.4, 0.5) is 0 Å². The van der Waals surface area contributed by atoms with Gasteiger partial charge in [-0.05, 0) is 23.9 Å². The molecule has 17 heavy (non-hydrogen) atoms. The van der Waals surface area contributed by atoms with Crippen LogP contribution in [0.2, 0.25) is 0 Å². The van der Waals surface area contributed by atoms with Crippen molar-refractivity contribution in [2.24, 2.45) is 10.9 Å². The zero-order valence-electron chi connectivity index (χ0n) is 8.56. The van der Waals surface area contributed by atoms with Crippen LogP contribution < -0.4 is 5.73 Å². The minimum absolute atomic E-state index is 0.0172. The summed E-state index contributed by atoms with van der Waals surface area (Å²) in [5.74, 6) is -0.0172. The molecule has 3 N–H and O–H groups in total. The van der Waals surface area contributed by atoms with Gasteiger partial charge < -0.3 is 10.9 Å². The van der Waals surface area contributed by atoms with Gasteiger partial charge >= 0.3 is 0 Å². The molecule has 2 aromatic heterocycles. The van der Waals surface area contributed by atoms with Crippen molar-refractivity contribution >= 4 is 17.6 Å². The van der Waals surface area contributed by atoms with E-state index in [1.807, 2.05) is 0 Å². The lowest BCUT2D eigenvalue weighted by atomic mass is 10.3. The first kappa shape index (κ1) is 11.3. The number of hydrogen-bond acceptors (Lipinski definition) is 7. The van der Waals surface area contributed by atoms with Crippen LogP contribution in [0, 0.1) is 0 Å². The zero-order valence-corrected chi connectivity index (χ0v) is 9.37. The molecular weight excluding hydrogens is 240 g/mol. The molecule has 0 saturated carbocycles. The van der Waals surface area contributed by atoms with Crippen molar-refractivity contribution in [1.29, 1.82) is 0 Å². The third kappa shape index (κ3) is 2.67. The van der Waals surface area contributed by atoms with Crippen LogP contribution in [0.1, 0.15) is 5.56 Å². The molecule has 0 fully saturated rings.